The Labute approximate surface area is 147 Å². The smallest absolute Gasteiger partial charge is 0.331 e. The molecular weight excluding hydrogens is 322 g/mol. The zero-order valence-electron chi connectivity index (χ0n) is 14.2. The third-order valence-corrected chi connectivity index (χ3v) is 4.37. The highest BCUT2D eigenvalue weighted by Crippen LogP contribution is 2.32. The Hall–Kier alpha value is -2.50. The molecule has 0 saturated heterocycles. The summed E-state index contributed by atoms with van der Waals surface area (Å²) in [6, 6.07) is 5.59. The zero-order chi connectivity index (χ0) is 17.5. The number of fused-ring (bicyclic) bond motifs is 1. The lowest BCUT2D eigenvalue weighted by molar-refractivity contribution is -0.144. The quantitative estimate of drug-likeness (QED) is 0.505. The summed E-state index contributed by atoms with van der Waals surface area (Å²) in [7, 11) is 0. The molecule has 6 nitrogen and oxygen atoms in total. The van der Waals surface area contributed by atoms with Crippen molar-refractivity contribution in [1.82, 2.24) is 5.32 Å². The topological polar surface area (TPSA) is 73.9 Å². The second-order valence-corrected chi connectivity index (χ2v) is 6.31. The predicted octanol–water partition coefficient (Wildman–Crippen LogP) is 2.81. The Balaban J connectivity index is 1.42. The van der Waals surface area contributed by atoms with Crippen LogP contribution >= 0.6 is 0 Å². The molecule has 0 aromatic heterocycles. The number of carbonyl (C=O) groups is 2. The Bertz CT molecular complexity index is 647. The lowest BCUT2D eigenvalue weighted by Gasteiger charge is -2.15. The first-order valence-corrected chi connectivity index (χ1v) is 8.74. The maximum atomic E-state index is 11.9. The van der Waals surface area contributed by atoms with Gasteiger partial charge in [-0.25, -0.2) is 4.79 Å². The average Bonchev–Trinajstić information content (AvgIpc) is 2.94. The van der Waals surface area contributed by atoms with Crippen LogP contribution in [0.25, 0.3) is 6.08 Å². The number of amides is 1. The molecule has 1 amide bonds. The number of hydrogen-bond donors (Lipinski definition) is 1. The molecule has 0 atom stereocenters. The van der Waals surface area contributed by atoms with Gasteiger partial charge in [-0.05, 0) is 36.6 Å². The van der Waals surface area contributed by atoms with Gasteiger partial charge in [0.2, 0.25) is 6.79 Å². The molecule has 2 aliphatic rings. The van der Waals surface area contributed by atoms with Crippen LogP contribution in [0.1, 0.15) is 44.1 Å². The van der Waals surface area contributed by atoms with E-state index in [0.717, 1.165) is 31.2 Å². The third kappa shape index (κ3) is 5.24. The van der Waals surface area contributed by atoms with Crippen molar-refractivity contribution in [2.75, 3.05) is 13.4 Å². The van der Waals surface area contributed by atoms with E-state index in [1.54, 1.807) is 18.2 Å². The summed E-state index contributed by atoms with van der Waals surface area (Å²) in [5.74, 6) is 0.554. The monoisotopic (exact) mass is 345 g/mol. The van der Waals surface area contributed by atoms with Gasteiger partial charge >= 0.3 is 5.97 Å². The van der Waals surface area contributed by atoms with Crippen molar-refractivity contribution in [2.45, 2.75) is 44.6 Å². The lowest BCUT2D eigenvalue weighted by Crippen LogP contribution is -2.37. The van der Waals surface area contributed by atoms with E-state index in [2.05, 4.69) is 5.32 Å². The van der Waals surface area contributed by atoms with E-state index in [-0.39, 0.29) is 25.3 Å². The highest BCUT2D eigenvalue weighted by Gasteiger charge is 2.15. The van der Waals surface area contributed by atoms with Crippen molar-refractivity contribution < 1.29 is 23.8 Å². The second-order valence-electron chi connectivity index (χ2n) is 6.31. The molecule has 0 unspecified atom stereocenters. The van der Waals surface area contributed by atoms with Crippen LogP contribution in [0.3, 0.4) is 0 Å². The molecule has 1 heterocycles. The zero-order valence-corrected chi connectivity index (χ0v) is 14.2. The fraction of sp³-hybridized carbons (Fsp3) is 0.474. The summed E-state index contributed by atoms with van der Waals surface area (Å²) in [5.41, 5.74) is 0.795. The first-order chi connectivity index (χ1) is 12.2. The number of carbonyl (C=O) groups excluding carboxylic acids is 2. The van der Waals surface area contributed by atoms with Crippen molar-refractivity contribution in [2.24, 2.45) is 0 Å². The molecule has 6 heteroatoms. The summed E-state index contributed by atoms with van der Waals surface area (Å²) >= 11 is 0. The maximum absolute atomic E-state index is 11.9. The number of benzene rings is 1. The Kier molecular flexibility index (Phi) is 5.93. The molecule has 0 radical (unpaired) electrons. The lowest BCUT2D eigenvalue weighted by atomic mass is 10.1. The van der Waals surface area contributed by atoms with Crippen LogP contribution in [-0.2, 0) is 14.3 Å². The maximum Gasteiger partial charge on any atom is 0.331 e. The van der Waals surface area contributed by atoms with E-state index in [0.29, 0.717) is 11.5 Å². The van der Waals surface area contributed by atoms with Crippen LogP contribution in [0.15, 0.2) is 24.3 Å². The van der Waals surface area contributed by atoms with Crippen molar-refractivity contribution in [1.29, 1.82) is 0 Å². The fourth-order valence-electron chi connectivity index (χ4n) is 3.06. The van der Waals surface area contributed by atoms with Gasteiger partial charge in [-0.3, -0.25) is 4.79 Å². The van der Waals surface area contributed by atoms with Gasteiger partial charge in [0.05, 0.1) is 0 Å². The number of hydrogen-bond acceptors (Lipinski definition) is 5. The highest BCUT2D eigenvalue weighted by atomic mass is 16.7. The van der Waals surface area contributed by atoms with Gasteiger partial charge in [0.25, 0.3) is 5.91 Å². The van der Waals surface area contributed by atoms with Crippen LogP contribution in [-0.4, -0.2) is 31.3 Å². The minimum atomic E-state index is -0.548. The van der Waals surface area contributed by atoms with Crippen LogP contribution in [0.2, 0.25) is 0 Å². The SMILES string of the molecule is O=C(COC(=O)C=Cc1ccc2c(c1)OCO2)NC1CCCCCC1. The predicted molar refractivity (Wildman–Crippen MR) is 92.2 cm³/mol. The molecular formula is C19H23NO5. The molecule has 1 fully saturated rings. The van der Waals surface area contributed by atoms with E-state index in [4.69, 9.17) is 14.2 Å². The summed E-state index contributed by atoms with van der Waals surface area (Å²) in [5, 5.41) is 2.95. The van der Waals surface area contributed by atoms with Crippen LogP contribution in [0, 0.1) is 0 Å². The molecule has 1 aromatic carbocycles. The number of ether oxygens (including phenoxy) is 3. The number of rotatable bonds is 5. The molecule has 1 aliphatic carbocycles. The molecule has 134 valence electrons. The van der Waals surface area contributed by atoms with E-state index in [9.17, 15) is 9.59 Å². The van der Waals surface area contributed by atoms with Crippen molar-refractivity contribution in [3.8, 4) is 11.5 Å². The Morgan fingerprint density at radius 3 is 2.68 bits per heavy atom. The molecule has 1 aromatic rings. The Morgan fingerprint density at radius 2 is 1.88 bits per heavy atom. The van der Waals surface area contributed by atoms with Crippen molar-refractivity contribution in [3.63, 3.8) is 0 Å². The van der Waals surface area contributed by atoms with E-state index >= 15 is 0 Å². The largest absolute Gasteiger partial charge is 0.454 e. The minimum Gasteiger partial charge on any atom is -0.454 e. The van der Waals surface area contributed by atoms with Gasteiger partial charge < -0.3 is 19.5 Å². The van der Waals surface area contributed by atoms with Gasteiger partial charge in [-0.15, -0.1) is 0 Å². The summed E-state index contributed by atoms with van der Waals surface area (Å²) in [6.07, 6.45) is 9.67. The van der Waals surface area contributed by atoms with Crippen molar-refractivity contribution >= 4 is 18.0 Å². The van der Waals surface area contributed by atoms with Crippen LogP contribution in [0.5, 0.6) is 11.5 Å². The van der Waals surface area contributed by atoms with Gasteiger partial charge in [-0.2, -0.15) is 0 Å². The summed E-state index contributed by atoms with van der Waals surface area (Å²) < 4.78 is 15.5. The first kappa shape index (κ1) is 17.3. The Morgan fingerprint density at radius 1 is 1.12 bits per heavy atom. The molecule has 1 aliphatic heterocycles. The normalized spacial score (nSPS) is 17.3. The second kappa shape index (κ2) is 8.55. The molecule has 0 spiro atoms. The van der Waals surface area contributed by atoms with Crippen LogP contribution < -0.4 is 14.8 Å². The molecule has 1 saturated carbocycles. The number of esters is 1. The first-order valence-electron chi connectivity index (χ1n) is 8.74. The standard InChI is InChI=1S/C19H23NO5/c21-18(20-15-5-3-1-2-4-6-15)12-23-19(22)10-8-14-7-9-16-17(11-14)25-13-24-16/h7-11,15H,1-6,12-13H2,(H,20,21). The molecule has 0 bridgehead atoms. The summed E-state index contributed by atoms with van der Waals surface area (Å²) in [6.45, 7) is -0.0402. The fourth-order valence-corrected chi connectivity index (χ4v) is 3.06. The van der Waals surface area contributed by atoms with E-state index in [1.807, 2.05) is 6.07 Å². The van der Waals surface area contributed by atoms with E-state index < -0.39 is 5.97 Å². The van der Waals surface area contributed by atoms with Gasteiger partial charge in [-0.1, -0.05) is 31.7 Å². The van der Waals surface area contributed by atoms with E-state index in [1.165, 1.54) is 18.9 Å². The highest BCUT2D eigenvalue weighted by molar-refractivity contribution is 5.89. The number of nitrogens with one attached hydrogen (secondary N) is 1. The third-order valence-electron chi connectivity index (χ3n) is 4.37. The van der Waals surface area contributed by atoms with Gasteiger partial charge in [0, 0.05) is 12.1 Å². The molecule has 25 heavy (non-hydrogen) atoms. The molecule has 3 rings (SSSR count). The van der Waals surface area contributed by atoms with Gasteiger partial charge in [0.15, 0.2) is 18.1 Å². The van der Waals surface area contributed by atoms with Gasteiger partial charge in [0.1, 0.15) is 0 Å². The van der Waals surface area contributed by atoms with Crippen LogP contribution in [0.4, 0.5) is 0 Å². The average molecular weight is 345 g/mol. The van der Waals surface area contributed by atoms with Crippen molar-refractivity contribution in [3.05, 3.63) is 29.8 Å². The minimum absolute atomic E-state index is 0.206. The molecule has 1 N–H and O–H groups in total. The summed E-state index contributed by atoms with van der Waals surface area (Å²) in [4.78, 5) is 23.6.